The summed E-state index contributed by atoms with van der Waals surface area (Å²) in [4.78, 5) is 2.59. The highest BCUT2D eigenvalue weighted by Gasteiger charge is 2.25. The molecule has 0 saturated carbocycles. The third kappa shape index (κ3) is 2.60. The molecule has 1 aliphatic carbocycles. The predicted molar refractivity (Wildman–Crippen MR) is 76.0 cm³/mol. The van der Waals surface area contributed by atoms with Crippen molar-refractivity contribution in [3.05, 3.63) is 35.4 Å². The molecule has 98 valence electrons. The molecule has 2 heteroatoms. The third-order valence-electron chi connectivity index (χ3n) is 4.40. The predicted octanol–water partition coefficient (Wildman–Crippen LogP) is 2.40. The van der Waals surface area contributed by atoms with Crippen molar-refractivity contribution in [1.82, 2.24) is 10.2 Å². The van der Waals surface area contributed by atoms with Crippen LogP contribution in [0.4, 0.5) is 0 Å². The van der Waals surface area contributed by atoms with Gasteiger partial charge in [-0.1, -0.05) is 24.3 Å². The Morgan fingerprint density at radius 3 is 2.83 bits per heavy atom. The summed E-state index contributed by atoms with van der Waals surface area (Å²) in [6.45, 7) is 7.29. The van der Waals surface area contributed by atoms with E-state index in [9.17, 15) is 0 Å². The second-order valence-corrected chi connectivity index (χ2v) is 5.92. The number of fused-ring (bicyclic) bond motifs is 1. The Hall–Kier alpha value is -0.860. The van der Waals surface area contributed by atoms with Crippen molar-refractivity contribution >= 4 is 0 Å². The van der Waals surface area contributed by atoms with Crippen molar-refractivity contribution in [3.63, 3.8) is 0 Å². The van der Waals surface area contributed by atoms with Gasteiger partial charge in [0.2, 0.25) is 0 Å². The maximum atomic E-state index is 3.71. The SMILES string of the molecule is CC(CN1CCCC1)NCC1Cc2ccccc21. The van der Waals surface area contributed by atoms with Crippen LogP contribution in [0, 0.1) is 0 Å². The molecule has 2 aliphatic rings. The molecule has 1 aromatic carbocycles. The molecule has 2 nitrogen and oxygen atoms in total. The molecule has 3 rings (SSSR count). The van der Waals surface area contributed by atoms with Gasteiger partial charge in [-0.25, -0.2) is 0 Å². The summed E-state index contributed by atoms with van der Waals surface area (Å²) in [5.41, 5.74) is 3.12. The lowest BCUT2D eigenvalue weighted by Gasteiger charge is -2.32. The third-order valence-corrected chi connectivity index (χ3v) is 4.40. The molecule has 0 radical (unpaired) electrons. The topological polar surface area (TPSA) is 15.3 Å². The number of hydrogen-bond acceptors (Lipinski definition) is 2. The van der Waals surface area contributed by atoms with E-state index in [0.717, 1.165) is 12.5 Å². The number of rotatable bonds is 5. The molecule has 1 saturated heterocycles. The first-order valence-electron chi connectivity index (χ1n) is 7.36. The molecule has 0 amide bonds. The van der Waals surface area contributed by atoms with Crippen LogP contribution in [0.5, 0.6) is 0 Å². The van der Waals surface area contributed by atoms with Gasteiger partial charge in [-0.2, -0.15) is 0 Å². The first kappa shape index (κ1) is 12.2. The highest BCUT2D eigenvalue weighted by Crippen LogP contribution is 2.34. The van der Waals surface area contributed by atoms with Gasteiger partial charge in [0, 0.05) is 25.0 Å². The van der Waals surface area contributed by atoms with Crippen molar-refractivity contribution in [2.45, 2.75) is 38.1 Å². The van der Waals surface area contributed by atoms with Crippen LogP contribution in [-0.4, -0.2) is 37.1 Å². The van der Waals surface area contributed by atoms with Gasteiger partial charge < -0.3 is 10.2 Å². The average Bonchev–Trinajstić information content (AvgIpc) is 2.83. The minimum Gasteiger partial charge on any atom is -0.312 e. The van der Waals surface area contributed by atoms with E-state index in [1.807, 2.05) is 0 Å². The molecule has 1 aliphatic heterocycles. The van der Waals surface area contributed by atoms with E-state index in [4.69, 9.17) is 0 Å². The molecular weight excluding hydrogens is 220 g/mol. The summed E-state index contributed by atoms with van der Waals surface area (Å²) in [6, 6.07) is 9.49. The second kappa shape index (κ2) is 5.41. The van der Waals surface area contributed by atoms with Crippen LogP contribution in [-0.2, 0) is 6.42 Å². The molecule has 0 aromatic heterocycles. The molecule has 2 atom stereocenters. The summed E-state index contributed by atoms with van der Waals surface area (Å²) in [5, 5.41) is 3.71. The van der Waals surface area contributed by atoms with Gasteiger partial charge in [0.25, 0.3) is 0 Å². The van der Waals surface area contributed by atoms with E-state index in [1.165, 1.54) is 38.9 Å². The van der Waals surface area contributed by atoms with Gasteiger partial charge in [-0.3, -0.25) is 0 Å². The molecule has 18 heavy (non-hydrogen) atoms. The fraction of sp³-hybridized carbons (Fsp3) is 0.625. The van der Waals surface area contributed by atoms with E-state index < -0.39 is 0 Å². The molecule has 1 N–H and O–H groups in total. The average molecular weight is 244 g/mol. The number of nitrogens with one attached hydrogen (secondary N) is 1. The summed E-state index contributed by atoms with van der Waals surface area (Å²) in [5.74, 6) is 0.752. The zero-order chi connectivity index (χ0) is 12.4. The van der Waals surface area contributed by atoms with Gasteiger partial charge in [0.05, 0.1) is 0 Å². The number of nitrogens with zero attached hydrogens (tertiary/aromatic N) is 1. The Labute approximate surface area is 110 Å². The van der Waals surface area contributed by atoms with Crippen LogP contribution in [0.15, 0.2) is 24.3 Å². The van der Waals surface area contributed by atoms with E-state index >= 15 is 0 Å². The van der Waals surface area contributed by atoms with E-state index in [1.54, 1.807) is 11.1 Å². The van der Waals surface area contributed by atoms with Crippen molar-refractivity contribution in [3.8, 4) is 0 Å². The zero-order valence-electron chi connectivity index (χ0n) is 11.4. The smallest absolute Gasteiger partial charge is 0.0166 e. The Morgan fingerprint density at radius 2 is 2.06 bits per heavy atom. The largest absolute Gasteiger partial charge is 0.312 e. The molecule has 1 fully saturated rings. The van der Waals surface area contributed by atoms with E-state index in [2.05, 4.69) is 41.4 Å². The van der Waals surface area contributed by atoms with Crippen molar-refractivity contribution in [1.29, 1.82) is 0 Å². The van der Waals surface area contributed by atoms with Crippen molar-refractivity contribution in [2.75, 3.05) is 26.2 Å². The zero-order valence-corrected chi connectivity index (χ0v) is 11.4. The van der Waals surface area contributed by atoms with Crippen LogP contribution in [0.3, 0.4) is 0 Å². The number of benzene rings is 1. The van der Waals surface area contributed by atoms with E-state index in [0.29, 0.717) is 6.04 Å². The lowest BCUT2D eigenvalue weighted by Crippen LogP contribution is -2.41. The summed E-state index contributed by atoms with van der Waals surface area (Å²) >= 11 is 0. The standard InChI is InChI=1S/C16H24N2/c1-13(12-18-8-4-5-9-18)17-11-15-10-14-6-2-3-7-16(14)15/h2-3,6-7,13,15,17H,4-5,8-12H2,1H3. The maximum Gasteiger partial charge on any atom is 0.0166 e. The minimum atomic E-state index is 0.621. The normalized spacial score (nSPS) is 24.6. The van der Waals surface area contributed by atoms with Gasteiger partial charge in [0.15, 0.2) is 0 Å². The fourth-order valence-corrected chi connectivity index (χ4v) is 3.31. The Balaban J connectivity index is 1.42. The Morgan fingerprint density at radius 1 is 1.28 bits per heavy atom. The first-order valence-corrected chi connectivity index (χ1v) is 7.36. The van der Waals surface area contributed by atoms with E-state index in [-0.39, 0.29) is 0 Å². The summed E-state index contributed by atoms with van der Waals surface area (Å²) in [6.07, 6.45) is 4.05. The van der Waals surface area contributed by atoms with Crippen LogP contribution in [0.1, 0.15) is 36.8 Å². The quantitative estimate of drug-likeness (QED) is 0.855. The highest BCUT2D eigenvalue weighted by molar-refractivity contribution is 5.40. The second-order valence-electron chi connectivity index (χ2n) is 5.92. The molecule has 0 spiro atoms. The lowest BCUT2D eigenvalue weighted by atomic mass is 9.77. The fourth-order valence-electron chi connectivity index (χ4n) is 3.31. The maximum absolute atomic E-state index is 3.71. The molecule has 1 heterocycles. The lowest BCUT2D eigenvalue weighted by molar-refractivity contribution is 0.295. The Kier molecular flexibility index (Phi) is 3.67. The van der Waals surface area contributed by atoms with Gasteiger partial charge in [-0.05, 0) is 50.4 Å². The summed E-state index contributed by atoms with van der Waals surface area (Å²) < 4.78 is 0. The van der Waals surface area contributed by atoms with Crippen LogP contribution in [0.25, 0.3) is 0 Å². The van der Waals surface area contributed by atoms with Gasteiger partial charge in [-0.15, -0.1) is 0 Å². The molecular formula is C16H24N2. The van der Waals surface area contributed by atoms with Crippen LogP contribution < -0.4 is 5.32 Å². The molecule has 2 unspecified atom stereocenters. The van der Waals surface area contributed by atoms with Crippen LogP contribution >= 0.6 is 0 Å². The number of hydrogen-bond donors (Lipinski definition) is 1. The highest BCUT2D eigenvalue weighted by atomic mass is 15.2. The minimum absolute atomic E-state index is 0.621. The summed E-state index contributed by atoms with van der Waals surface area (Å²) in [7, 11) is 0. The van der Waals surface area contributed by atoms with Crippen LogP contribution in [0.2, 0.25) is 0 Å². The molecule has 1 aromatic rings. The van der Waals surface area contributed by atoms with Crippen molar-refractivity contribution < 1.29 is 0 Å². The van der Waals surface area contributed by atoms with Crippen molar-refractivity contribution in [2.24, 2.45) is 0 Å². The first-order chi connectivity index (χ1) is 8.83. The number of likely N-dealkylation sites (tertiary alicyclic amines) is 1. The Bertz CT molecular complexity index is 396. The monoisotopic (exact) mass is 244 g/mol. The van der Waals surface area contributed by atoms with Gasteiger partial charge in [0.1, 0.15) is 0 Å². The molecule has 0 bridgehead atoms. The van der Waals surface area contributed by atoms with Gasteiger partial charge >= 0.3 is 0 Å².